The Hall–Kier alpha value is -0.580. The Kier molecular flexibility index (Phi) is 4.77. The van der Waals surface area contributed by atoms with E-state index in [0.29, 0.717) is 0 Å². The van der Waals surface area contributed by atoms with E-state index in [9.17, 15) is 5.11 Å². The van der Waals surface area contributed by atoms with Crippen molar-refractivity contribution >= 4 is 21.6 Å². The van der Waals surface area contributed by atoms with Crippen LogP contribution in [0.4, 0.5) is 5.69 Å². The Morgan fingerprint density at radius 1 is 1.50 bits per heavy atom. The second-order valence-corrected chi connectivity index (χ2v) is 4.91. The Labute approximate surface area is 105 Å². The van der Waals surface area contributed by atoms with Crippen molar-refractivity contribution in [2.75, 3.05) is 19.0 Å². The molecule has 0 aliphatic rings. The van der Waals surface area contributed by atoms with Gasteiger partial charge in [-0.15, -0.1) is 0 Å². The third kappa shape index (κ3) is 2.97. The van der Waals surface area contributed by atoms with Crippen molar-refractivity contribution < 1.29 is 9.84 Å². The van der Waals surface area contributed by atoms with E-state index in [0.717, 1.165) is 10.2 Å². The number of hydrogen-bond donors (Lipinski definition) is 2. The van der Waals surface area contributed by atoms with Gasteiger partial charge in [-0.05, 0) is 41.9 Å². The molecule has 0 spiro atoms. The first-order chi connectivity index (χ1) is 7.53. The van der Waals surface area contributed by atoms with Gasteiger partial charge in [-0.25, -0.2) is 0 Å². The Balaban J connectivity index is 2.89. The van der Waals surface area contributed by atoms with Gasteiger partial charge < -0.3 is 15.2 Å². The predicted octanol–water partition coefficient (Wildman–Crippen LogP) is 2.65. The monoisotopic (exact) mass is 287 g/mol. The zero-order valence-electron chi connectivity index (χ0n) is 9.83. The lowest BCUT2D eigenvalue weighted by molar-refractivity contribution is 0.0380. The summed E-state index contributed by atoms with van der Waals surface area (Å²) in [5, 5.41) is 12.8. The van der Waals surface area contributed by atoms with Crippen LogP contribution in [0.2, 0.25) is 0 Å². The van der Waals surface area contributed by atoms with E-state index in [2.05, 4.69) is 21.2 Å². The number of halogens is 1. The highest BCUT2D eigenvalue weighted by molar-refractivity contribution is 9.10. The summed E-state index contributed by atoms with van der Waals surface area (Å²) in [5.74, 6) is 0. The molecule has 0 aromatic heterocycles. The first kappa shape index (κ1) is 13.5. The summed E-state index contributed by atoms with van der Waals surface area (Å²) in [6.07, 6.45) is -0.0930. The van der Waals surface area contributed by atoms with Gasteiger partial charge in [0, 0.05) is 17.3 Å². The SMILES string of the molecule is COC(C)C(C)(CO)Nc1ccccc1Br. The molecule has 0 heterocycles. The van der Waals surface area contributed by atoms with Gasteiger partial charge in [0.2, 0.25) is 0 Å². The predicted molar refractivity (Wildman–Crippen MR) is 69.7 cm³/mol. The van der Waals surface area contributed by atoms with Gasteiger partial charge in [0.1, 0.15) is 0 Å². The molecule has 0 radical (unpaired) electrons. The number of benzene rings is 1. The minimum atomic E-state index is -0.501. The molecule has 0 bridgehead atoms. The third-order valence-corrected chi connectivity index (χ3v) is 3.56. The van der Waals surface area contributed by atoms with Gasteiger partial charge >= 0.3 is 0 Å². The highest BCUT2D eigenvalue weighted by atomic mass is 79.9. The van der Waals surface area contributed by atoms with Crippen molar-refractivity contribution in [2.24, 2.45) is 0 Å². The summed E-state index contributed by atoms with van der Waals surface area (Å²) in [5.41, 5.74) is 0.446. The number of nitrogens with one attached hydrogen (secondary N) is 1. The van der Waals surface area contributed by atoms with Crippen LogP contribution >= 0.6 is 15.9 Å². The van der Waals surface area contributed by atoms with Gasteiger partial charge in [-0.2, -0.15) is 0 Å². The second kappa shape index (κ2) is 5.66. The van der Waals surface area contributed by atoms with Crippen LogP contribution in [0.25, 0.3) is 0 Å². The van der Waals surface area contributed by atoms with E-state index in [1.54, 1.807) is 7.11 Å². The first-order valence-electron chi connectivity index (χ1n) is 5.20. The zero-order valence-corrected chi connectivity index (χ0v) is 11.4. The van der Waals surface area contributed by atoms with Crippen LogP contribution in [-0.2, 0) is 4.74 Å². The summed E-state index contributed by atoms with van der Waals surface area (Å²) >= 11 is 3.46. The fraction of sp³-hybridized carbons (Fsp3) is 0.500. The van der Waals surface area contributed by atoms with Crippen LogP contribution in [0.1, 0.15) is 13.8 Å². The fourth-order valence-corrected chi connectivity index (χ4v) is 1.78. The van der Waals surface area contributed by atoms with Gasteiger partial charge in [-0.3, -0.25) is 0 Å². The molecule has 2 N–H and O–H groups in total. The maximum atomic E-state index is 9.48. The molecule has 0 fully saturated rings. The third-order valence-electron chi connectivity index (χ3n) is 2.87. The van der Waals surface area contributed by atoms with E-state index in [1.807, 2.05) is 38.1 Å². The smallest absolute Gasteiger partial charge is 0.0834 e. The van der Waals surface area contributed by atoms with Gasteiger partial charge in [-0.1, -0.05) is 12.1 Å². The zero-order chi connectivity index (χ0) is 12.2. The lowest BCUT2D eigenvalue weighted by atomic mass is 9.96. The van der Waals surface area contributed by atoms with Crippen molar-refractivity contribution in [3.63, 3.8) is 0 Å². The number of aliphatic hydroxyl groups is 1. The van der Waals surface area contributed by atoms with E-state index >= 15 is 0 Å². The Morgan fingerprint density at radius 2 is 2.12 bits per heavy atom. The Morgan fingerprint density at radius 3 is 2.62 bits per heavy atom. The molecule has 90 valence electrons. The standard InChI is InChI=1S/C12H18BrNO2/c1-9(16-3)12(2,8-15)14-11-7-5-4-6-10(11)13/h4-7,9,14-15H,8H2,1-3H3. The molecule has 2 unspecified atom stereocenters. The van der Waals surface area contributed by atoms with Crippen LogP contribution in [0, 0.1) is 0 Å². The maximum Gasteiger partial charge on any atom is 0.0834 e. The van der Waals surface area contributed by atoms with Gasteiger partial charge in [0.25, 0.3) is 0 Å². The molecule has 0 saturated heterocycles. The maximum absolute atomic E-state index is 9.48. The lowest BCUT2D eigenvalue weighted by Gasteiger charge is -2.35. The quantitative estimate of drug-likeness (QED) is 0.875. The molecule has 1 aromatic carbocycles. The molecule has 1 rings (SSSR count). The van der Waals surface area contributed by atoms with E-state index in [-0.39, 0.29) is 12.7 Å². The minimum absolute atomic E-state index is 0.00331. The summed E-state index contributed by atoms with van der Waals surface area (Å²) in [7, 11) is 1.64. The second-order valence-electron chi connectivity index (χ2n) is 4.06. The Bertz CT molecular complexity index is 346. The number of rotatable bonds is 5. The minimum Gasteiger partial charge on any atom is -0.394 e. The molecule has 0 aliphatic carbocycles. The molecule has 2 atom stereocenters. The number of methoxy groups -OCH3 is 1. The molecular formula is C12H18BrNO2. The average molecular weight is 288 g/mol. The number of para-hydroxylation sites is 1. The highest BCUT2D eigenvalue weighted by Crippen LogP contribution is 2.26. The topological polar surface area (TPSA) is 41.5 Å². The summed E-state index contributed by atoms with van der Waals surface area (Å²) < 4.78 is 6.25. The van der Waals surface area contributed by atoms with Gasteiger partial charge in [0.15, 0.2) is 0 Å². The lowest BCUT2D eigenvalue weighted by Crippen LogP contribution is -2.49. The summed E-state index contributed by atoms with van der Waals surface area (Å²) in [6.45, 7) is 3.87. The molecule has 16 heavy (non-hydrogen) atoms. The van der Waals surface area contributed by atoms with Crippen molar-refractivity contribution in [3.8, 4) is 0 Å². The normalized spacial score (nSPS) is 16.6. The molecule has 4 heteroatoms. The van der Waals surface area contributed by atoms with E-state index in [1.165, 1.54) is 0 Å². The summed E-state index contributed by atoms with van der Waals surface area (Å²) in [4.78, 5) is 0. The number of aliphatic hydroxyl groups excluding tert-OH is 1. The van der Waals surface area contributed by atoms with Crippen LogP contribution in [0.5, 0.6) is 0 Å². The number of ether oxygens (including phenoxy) is 1. The molecule has 1 aromatic rings. The average Bonchev–Trinajstić information content (AvgIpc) is 2.31. The molecular weight excluding hydrogens is 270 g/mol. The molecule has 0 aliphatic heterocycles. The molecule has 0 amide bonds. The van der Waals surface area contributed by atoms with Crippen LogP contribution in [-0.4, -0.2) is 30.5 Å². The van der Waals surface area contributed by atoms with Crippen molar-refractivity contribution in [1.29, 1.82) is 0 Å². The number of hydrogen-bond acceptors (Lipinski definition) is 3. The highest BCUT2D eigenvalue weighted by Gasteiger charge is 2.30. The van der Waals surface area contributed by atoms with Crippen LogP contribution in [0.3, 0.4) is 0 Å². The largest absolute Gasteiger partial charge is 0.394 e. The molecule has 3 nitrogen and oxygen atoms in total. The first-order valence-corrected chi connectivity index (χ1v) is 5.99. The van der Waals surface area contributed by atoms with Gasteiger partial charge in [0.05, 0.1) is 18.2 Å². The van der Waals surface area contributed by atoms with Crippen LogP contribution < -0.4 is 5.32 Å². The van der Waals surface area contributed by atoms with Crippen molar-refractivity contribution in [3.05, 3.63) is 28.7 Å². The van der Waals surface area contributed by atoms with Crippen molar-refractivity contribution in [2.45, 2.75) is 25.5 Å². The molecule has 0 saturated carbocycles. The fourth-order valence-electron chi connectivity index (χ4n) is 1.40. The van der Waals surface area contributed by atoms with Crippen molar-refractivity contribution in [1.82, 2.24) is 0 Å². The van der Waals surface area contributed by atoms with Crippen LogP contribution in [0.15, 0.2) is 28.7 Å². The van der Waals surface area contributed by atoms with E-state index < -0.39 is 5.54 Å². The number of anilines is 1. The van der Waals surface area contributed by atoms with E-state index in [4.69, 9.17) is 4.74 Å². The summed E-state index contributed by atoms with van der Waals surface area (Å²) in [6, 6.07) is 7.81.